The Morgan fingerprint density at radius 1 is 1.45 bits per heavy atom. The molecule has 0 aromatic rings. The SMILES string of the molecule is CCCC1C=NC(C)=C(CC(OC)C(C)OCC)COCN1. The molecule has 22 heavy (non-hydrogen) atoms. The van der Waals surface area contributed by atoms with Crippen molar-refractivity contribution in [1.29, 1.82) is 0 Å². The lowest BCUT2D eigenvalue weighted by atomic mass is 10.0. The molecule has 0 amide bonds. The van der Waals surface area contributed by atoms with Gasteiger partial charge < -0.3 is 14.2 Å². The molecule has 1 aliphatic heterocycles. The minimum absolute atomic E-state index is 0.0175. The maximum Gasteiger partial charge on any atom is 0.0974 e. The van der Waals surface area contributed by atoms with Gasteiger partial charge in [0.1, 0.15) is 0 Å². The Balaban J connectivity index is 2.78. The lowest BCUT2D eigenvalue weighted by Gasteiger charge is -2.24. The first-order chi connectivity index (χ1) is 10.6. The van der Waals surface area contributed by atoms with Gasteiger partial charge >= 0.3 is 0 Å². The molecule has 0 aliphatic carbocycles. The molecule has 5 nitrogen and oxygen atoms in total. The fourth-order valence-electron chi connectivity index (χ4n) is 2.54. The van der Waals surface area contributed by atoms with Crippen molar-refractivity contribution >= 4 is 6.21 Å². The molecule has 3 atom stereocenters. The van der Waals surface area contributed by atoms with E-state index in [1.807, 2.05) is 27.0 Å². The van der Waals surface area contributed by atoms with Crippen molar-refractivity contribution in [3.8, 4) is 0 Å². The lowest BCUT2D eigenvalue weighted by Crippen LogP contribution is -2.32. The molecule has 0 saturated heterocycles. The molecule has 1 heterocycles. The van der Waals surface area contributed by atoms with Gasteiger partial charge in [-0.15, -0.1) is 0 Å². The molecule has 1 aliphatic rings. The maximum atomic E-state index is 5.75. The number of hydrogen-bond donors (Lipinski definition) is 1. The van der Waals surface area contributed by atoms with E-state index in [2.05, 4.69) is 17.2 Å². The number of allylic oxidation sites excluding steroid dienone is 1. The third-order valence-electron chi connectivity index (χ3n) is 3.99. The highest BCUT2D eigenvalue weighted by atomic mass is 16.5. The molecule has 0 aromatic heterocycles. The Bertz CT molecular complexity index is 369. The Morgan fingerprint density at radius 3 is 2.86 bits per heavy atom. The van der Waals surface area contributed by atoms with E-state index in [0.717, 1.165) is 25.0 Å². The van der Waals surface area contributed by atoms with Crippen molar-refractivity contribution in [3.05, 3.63) is 11.3 Å². The number of rotatable bonds is 8. The number of hydrogen-bond acceptors (Lipinski definition) is 5. The molecule has 1 rings (SSSR count). The average Bonchev–Trinajstić information content (AvgIpc) is 2.58. The van der Waals surface area contributed by atoms with E-state index in [4.69, 9.17) is 14.2 Å². The van der Waals surface area contributed by atoms with E-state index < -0.39 is 0 Å². The normalized spacial score (nSPS) is 22.9. The number of nitrogens with zero attached hydrogens (tertiary/aromatic N) is 1. The first-order valence-electron chi connectivity index (χ1n) is 8.30. The number of aliphatic imine (C=N–C) groups is 1. The standard InChI is InChI=1S/C17H32N2O3/c1-6-8-16-10-18-13(3)15(11-21-12-19-16)9-17(20-5)14(4)22-7-2/h10,14,16-17,19H,6-9,11-12H2,1-5H3. The summed E-state index contributed by atoms with van der Waals surface area (Å²) in [4.78, 5) is 4.63. The van der Waals surface area contributed by atoms with Gasteiger partial charge in [-0.25, -0.2) is 0 Å². The van der Waals surface area contributed by atoms with Crippen LogP contribution in [0.4, 0.5) is 0 Å². The van der Waals surface area contributed by atoms with Gasteiger partial charge in [-0.05, 0) is 32.8 Å². The van der Waals surface area contributed by atoms with Crippen molar-refractivity contribution in [2.75, 3.05) is 27.1 Å². The molecule has 0 saturated carbocycles. The van der Waals surface area contributed by atoms with Crippen molar-refractivity contribution in [1.82, 2.24) is 5.32 Å². The smallest absolute Gasteiger partial charge is 0.0974 e. The van der Waals surface area contributed by atoms with Crippen molar-refractivity contribution in [2.24, 2.45) is 4.99 Å². The zero-order valence-corrected chi connectivity index (χ0v) is 14.7. The quantitative estimate of drug-likeness (QED) is 0.749. The van der Waals surface area contributed by atoms with Crippen LogP contribution in [0.5, 0.6) is 0 Å². The maximum absolute atomic E-state index is 5.75. The summed E-state index contributed by atoms with van der Waals surface area (Å²) in [6.45, 7) is 10.1. The summed E-state index contributed by atoms with van der Waals surface area (Å²) in [5, 5.41) is 3.36. The zero-order chi connectivity index (χ0) is 16.4. The number of methoxy groups -OCH3 is 1. The summed E-state index contributed by atoms with van der Waals surface area (Å²) >= 11 is 0. The lowest BCUT2D eigenvalue weighted by molar-refractivity contribution is -0.0436. The highest BCUT2D eigenvalue weighted by Gasteiger charge is 2.20. The number of nitrogens with one attached hydrogen (secondary N) is 1. The van der Waals surface area contributed by atoms with Crippen LogP contribution in [0.25, 0.3) is 0 Å². The molecule has 0 fully saturated rings. The fraction of sp³-hybridized carbons (Fsp3) is 0.824. The Labute approximate surface area is 135 Å². The van der Waals surface area contributed by atoms with E-state index in [1.54, 1.807) is 7.11 Å². The second kappa shape index (κ2) is 10.9. The molecule has 1 N–H and O–H groups in total. The van der Waals surface area contributed by atoms with Gasteiger partial charge in [0.15, 0.2) is 0 Å². The predicted octanol–water partition coefficient (Wildman–Crippen LogP) is 2.91. The molecule has 3 unspecified atom stereocenters. The number of ether oxygens (including phenoxy) is 3. The topological polar surface area (TPSA) is 52.1 Å². The van der Waals surface area contributed by atoms with Gasteiger partial charge in [0.2, 0.25) is 0 Å². The van der Waals surface area contributed by atoms with Crippen LogP contribution in [-0.4, -0.2) is 51.5 Å². The largest absolute Gasteiger partial charge is 0.378 e. The van der Waals surface area contributed by atoms with Crippen LogP contribution in [-0.2, 0) is 14.2 Å². The van der Waals surface area contributed by atoms with Gasteiger partial charge in [0, 0.05) is 38.1 Å². The monoisotopic (exact) mass is 312 g/mol. The molecular formula is C17H32N2O3. The summed E-state index contributed by atoms with van der Waals surface area (Å²) in [6.07, 6.45) is 5.04. The zero-order valence-electron chi connectivity index (χ0n) is 14.7. The third-order valence-corrected chi connectivity index (χ3v) is 3.99. The second-order valence-corrected chi connectivity index (χ2v) is 5.70. The van der Waals surface area contributed by atoms with Crippen molar-refractivity contribution in [2.45, 2.75) is 65.2 Å². The Kier molecular flexibility index (Phi) is 9.55. The van der Waals surface area contributed by atoms with Crippen molar-refractivity contribution in [3.63, 3.8) is 0 Å². The van der Waals surface area contributed by atoms with Gasteiger partial charge in [-0.3, -0.25) is 10.3 Å². The summed E-state index contributed by atoms with van der Waals surface area (Å²) in [6, 6.07) is 0.278. The van der Waals surface area contributed by atoms with Crippen LogP contribution in [0.1, 0.15) is 47.0 Å². The predicted molar refractivity (Wildman–Crippen MR) is 90.3 cm³/mol. The van der Waals surface area contributed by atoms with Crippen LogP contribution >= 0.6 is 0 Å². The minimum Gasteiger partial charge on any atom is -0.378 e. The molecular weight excluding hydrogens is 280 g/mol. The van der Waals surface area contributed by atoms with Gasteiger partial charge in [-0.2, -0.15) is 0 Å². The van der Waals surface area contributed by atoms with Crippen LogP contribution in [0.15, 0.2) is 16.3 Å². The summed E-state index contributed by atoms with van der Waals surface area (Å²) in [7, 11) is 1.73. The Hall–Kier alpha value is -0.750. The summed E-state index contributed by atoms with van der Waals surface area (Å²) in [5.74, 6) is 0. The fourth-order valence-corrected chi connectivity index (χ4v) is 2.54. The highest BCUT2D eigenvalue weighted by molar-refractivity contribution is 5.65. The van der Waals surface area contributed by atoms with Gasteiger partial charge in [0.25, 0.3) is 0 Å². The van der Waals surface area contributed by atoms with E-state index in [1.165, 1.54) is 5.57 Å². The van der Waals surface area contributed by atoms with Crippen molar-refractivity contribution < 1.29 is 14.2 Å². The van der Waals surface area contributed by atoms with E-state index in [0.29, 0.717) is 19.9 Å². The van der Waals surface area contributed by atoms with Crippen LogP contribution in [0.2, 0.25) is 0 Å². The van der Waals surface area contributed by atoms with E-state index >= 15 is 0 Å². The summed E-state index contributed by atoms with van der Waals surface area (Å²) < 4.78 is 17.0. The summed E-state index contributed by atoms with van der Waals surface area (Å²) in [5.41, 5.74) is 2.20. The third kappa shape index (κ3) is 6.57. The average molecular weight is 312 g/mol. The second-order valence-electron chi connectivity index (χ2n) is 5.70. The molecule has 0 radical (unpaired) electrons. The molecule has 0 spiro atoms. The first-order valence-corrected chi connectivity index (χ1v) is 8.30. The van der Waals surface area contributed by atoms with Gasteiger partial charge in [-0.1, -0.05) is 13.3 Å². The molecule has 0 bridgehead atoms. The molecule has 5 heteroatoms. The minimum atomic E-state index is 0.0175. The highest BCUT2D eigenvalue weighted by Crippen LogP contribution is 2.19. The van der Waals surface area contributed by atoms with Gasteiger partial charge in [0.05, 0.1) is 25.5 Å². The van der Waals surface area contributed by atoms with E-state index in [-0.39, 0.29) is 18.2 Å². The van der Waals surface area contributed by atoms with Crippen LogP contribution < -0.4 is 5.32 Å². The first kappa shape index (κ1) is 19.3. The van der Waals surface area contributed by atoms with E-state index in [9.17, 15) is 0 Å². The van der Waals surface area contributed by atoms with Crippen LogP contribution in [0, 0.1) is 0 Å². The van der Waals surface area contributed by atoms with Crippen LogP contribution in [0.3, 0.4) is 0 Å². The molecule has 128 valence electrons. The Morgan fingerprint density at radius 2 is 2.23 bits per heavy atom. The molecule has 0 aromatic carbocycles.